The van der Waals surface area contributed by atoms with E-state index in [1.165, 1.54) is 25.7 Å². The molecule has 9 nitrogen and oxygen atoms in total. The average Bonchev–Trinajstić information content (AvgIpc) is 3.39. The number of hydrogen-bond donors (Lipinski definition) is 6. The second-order valence-corrected chi connectivity index (χ2v) is 15.9. The predicted octanol–water partition coefficient (Wildman–Crippen LogP) is 2.57. The van der Waals surface area contributed by atoms with E-state index in [4.69, 9.17) is 14.2 Å². The number of hydrogen-bond acceptors (Lipinski definition) is 9. The van der Waals surface area contributed by atoms with Crippen LogP contribution in [0, 0.1) is 52.3 Å². The summed E-state index contributed by atoms with van der Waals surface area (Å²) in [5.74, 6) is 1.96. The van der Waals surface area contributed by atoms with Gasteiger partial charge in [0.15, 0.2) is 12.1 Å². The van der Waals surface area contributed by atoms with Crippen LogP contribution in [0.5, 0.6) is 0 Å². The zero-order valence-corrected chi connectivity index (χ0v) is 26.0. The fraction of sp³-hybridized carbons (Fsp3) is 1.00. The van der Waals surface area contributed by atoms with Gasteiger partial charge >= 0.3 is 0 Å². The largest absolute Gasteiger partial charge is 0.394 e. The van der Waals surface area contributed by atoms with Crippen molar-refractivity contribution in [2.45, 2.75) is 141 Å². The van der Waals surface area contributed by atoms with Crippen LogP contribution in [0.1, 0.15) is 91.9 Å². The Bertz CT molecular complexity index is 964. The molecular formula is C33H56O9. The molecule has 0 amide bonds. The first-order valence-corrected chi connectivity index (χ1v) is 16.8. The minimum atomic E-state index is -1.46. The van der Waals surface area contributed by atoms with Gasteiger partial charge in [0.1, 0.15) is 24.4 Å². The number of aliphatic hydroxyl groups excluding tert-OH is 5. The number of rotatable bonds is 7. The highest BCUT2D eigenvalue weighted by Gasteiger charge is 2.68. The van der Waals surface area contributed by atoms with Gasteiger partial charge in [0.05, 0.1) is 25.4 Å². The highest BCUT2D eigenvalue weighted by Crippen LogP contribution is 2.70. The Hall–Kier alpha value is -0.360. The van der Waals surface area contributed by atoms with Gasteiger partial charge in [-0.2, -0.15) is 0 Å². The fourth-order valence-electron chi connectivity index (χ4n) is 11.2. The van der Waals surface area contributed by atoms with E-state index in [-0.39, 0.29) is 36.1 Å². The van der Waals surface area contributed by atoms with E-state index < -0.39 is 43.1 Å². The fourth-order valence-corrected chi connectivity index (χ4v) is 11.2. The van der Waals surface area contributed by atoms with E-state index >= 15 is 0 Å². The summed E-state index contributed by atoms with van der Waals surface area (Å²) < 4.78 is 17.8. The Kier molecular flexibility index (Phi) is 8.63. The lowest BCUT2D eigenvalue weighted by Crippen LogP contribution is -2.59. The summed E-state index contributed by atoms with van der Waals surface area (Å²) in [5, 5.41) is 61.9. The summed E-state index contributed by atoms with van der Waals surface area (Å²) in [6.07, 6.45) is 3.76. The molecule has 0 aromatic carbocycles. The third-order valence-corrected chi connectivity index (χ3v) is 13.7. The molecular weight excluding hydrogens is 540 g/mol. The van der Waals surface area contributed by atoms with Crippen LogP contribution in [0.4, 0.5) is 0 Å². The van der Waals surface area contributed by atoms with Gasteiger partial charge in [-0.15, -0.1) is 0 Å². The van der Waals surface area contributed by atoms with Crippen LogP contribution in [-0.2, 0) is 14.2 Å². The smallest absolute Gasteiger partial charge is 0.186 e. The molecule has 6 rings (SSSR count). The Labute approximate surface area is 250 Å². The van der Waals surface area contributed by atoms with Crippen molar-refractivity contribution in [3.63, 3.8) is 0 Å². The molecule has 4 saturated carbocycles. The average molecular weight is 597 g/mol. The Morgan fingerprint density at radius 2 is 1.64 bits per heavy atom. The number of ether oxygens (including phenoxy) is 3. The molecule has 42 heavy (non-hydrogen) atoms. The maximum absolute atomic E-state index is 11.8. The van der Waals surface area contributed by atoms with Crippen LogP contribution in [-0.4, -0.2) is 92.6 Å². The number of aliphatic hydroxyl groups is 6. The molecule has 2 aliphatic heterocycles. The summed E-state index contributed by atoms with van der Waals surface area (Å²) in [5.41, 5.74) is 0.521. The lowest BCUT2D eigenvalue weighted by molar-refractivity contribution is -0.303. The maximum atomic E-state index is 11.8. The SMILES string of the molecule is C[C@H](CC[C@@]1(O)O[C@H]2C[C@H]3[C@@H]4CCC5CC(O)CC[C@]5(C)[C@H]4CC[C@]3(C)[C@H]2[C@@H]1C)CO[C@@H]1O[C@H](CO)[C@@H](O)[C@H](O)[C@H]1O. The van der Waals surface area contributed by atoms with E-state index in [1.54, 1.807) is 0 Å². The van der Waals surface area contributed by atoms with Gasteiger partial charge in [-0.05, 0) is 104 Å². The summed E-state index contributed by atoms with van der Waals surface area (Å²) in [4.78, 5) is 0. The summed E-state index contributed by atoms with van der Waals surface area (Å²) in [6, 6.07) is 0. The van der Waals surface area contributed by atoms with Gasteiger partial charge in [0.2, 0.25) is 0 Å². The number of fused-ring (bicyclic) bond motifs is 7. The normalized spacial score (nSPS) is 56.3. The second kappa shape index (κ2) is 11.5. The third-order valence-electron chi connectivity index (χ3n) is 13.7. The standard InChI is InChI=1S/C33H56O9/c1-17(16-40-30-29(38)28(37)27(36)25(15-34)41-30)7-12-33(39)18(2)26-24(42-33)14-23-21-6-5-19-13-20(35)8-10-31(19,3)22(21)9-11-32(23,26)4/h17-30,34-39H,5-16H2,1-4H3/t17-,18+,19?,20?,21-,22+,23+,24+,25-,26+,27-,28+,29-,30-,31+,32+,33-/m1/s1. The summed E-state index contributed by atoms with van der Waals surface area (Å²) in [7, 11) is 0. The zero-order valence-electron chi connectivity index (χ0n) is 26.0. The van der Waals surface area contributed by atoms with Gasteiger partial charge < -0.3 is 44.8 Å². The molecule has 6 fully saturated rings. The van der Waals surface area contributed by atoms with Crippen LogP contribution in [0.3, 0.4) is 0 Å². The molecule has 2 unspecified atom stereocenters. The highest BCUT2D eigenvalue weighted by molar-refractivity contribution is 5.15. The second-order valence-electron chi connectivity index (χ2n) is 15.9. The van der Waals surface area contributed by atoms with E-state index in [1.807, 2.05) is 6.92 Å². The van der Waals surface area contributed by atoms with E-state index in [2.05, 4.69) is 20.8 Å². The first-order valence-electron chi connectivity index (χ1n) is 16.8. The first kappa shape index (κ1) is 31.6. The van der Waals surface area contributed by atoms with Crippen LogP contribution < -0.4 is 0 Å². The molecule has 0 aromatic rings. The molecule has 6 aliphatic rings. The van der Waals surface area contributed by atoms with Crippen LogP contribution in [0.2, 0.25) is 0 Å². The van der Waals surface area contributed by atoms with Crippen molar-refractivity contribution < 1.29 is 44.8 Å². The Morgan fingerprint density at radius 3 is 2.38 bits per heavy atom. The van der Waals surface area contributed by atoms with E-state index in [0.29, 0.717) is 41.9 Å². The molecule has 2 heterocycles. The van der Waals surface area contributed by atoms with Gasteiger partial charge in [-0.1, -0.05) is 27.7 Å². The first-order chi connectivity index (χ1) is 19.8. The Balaban J connectivity index is 1.05. The van der Waals surface area contributed by atoms with Gasteiger partial charge in [-0.25, -0.2) is 0 Å². The third kappa shape index (κ3) is 5.01. The van der Waals surface area contributed by atoms with Crippen molar-refractivity contribution in [2.24, 2.45) is 52.3 Å². The molecule has 9 heteroatoms. The monoisotopic (exact) mass is 596 g/mol. The molecule has 0 radical (unpaired) electrons. The summed E-state index contributed by atoms with van der Waals surface area (Å²) >= 11 is 0. The van der Waals surface area contributed by atoms with Gasteiger partial charge in [0.25, 0.3) is 0 Å². The highest BCUT2D eigenvalue weighted by atomic mass is 16.7. The van der Waals surface area contributed by atoms with Crippen molar-refractivity contribution in [1.29, 1.82) is 0 Å². The van der Waals surface area contributed by atoms with Crippen molar-refractivity contribution in [3.8, 4) is 0 Å². The molecule has 0 bridgehead atoms. The van der Waals surface area contributed by atoms with Gasteiger partial charge in [0, 0.05) is 12.3 Å². The predicted molar refractivity (Wildman–Crippen MR) is 154 cm³/mol. The van der Waals surface area contributed by atoms with Crippen LogP contribution in [0.15, 0.2) is 0 Å². The minimum Gasteiger partial charge on any atom is -0.394 e. The molecule has 0 spiro atoms. The molecule has 6 N–H and O–H groups in total. The van der Waals surface area contributed by atoms with Crippen molar-refractivity contribution in [2.75, 3.05) is 13.2 Å². The Morgan fingerprint density at radius 1 is 0.905 bits per heavy atom. The van der Waals surface area contributed by atoms with Crippen molar-refractivity contribution in [1.82, 2.24) is 0 Å². The topological polar surface area (TPSA) is 149 Å². The van der Waals surface area contributed by atoms with Crippen LogP contribution >= 0.6 is 0 Å². The van der Waals surface area contributed by atoms with E-state index in [0.717, 1.165) is 31.6 Å². The minimum absolute atomic E-state index is 0.0290. The molecule has 17 atom stereocenters. The molecule has 0 aromatic heterocycles. The van der Waals surface area contributed by atoms with Crippen molar-refractivity contribution in [3.05, 3.63) is 0 Å². The van der Waals surface area contributed by atoms with Crippen molar-refractivity contribution >= 4 is 0 Å². The lowest BCUT2D eigenvalue weighted by Gasteiger charge is -2.61. The lowest BCUT2D eigenvalue weighted by atomic mass is 9.44. The summed E-state index contributed by atoms with van der Waals surface area (Å²) in [6.45, 7) is 8.95. The molecule has 4 aliphatic carbocycles. The maximum Gasteiger partial charge on any atom is 0.186 e. The zero-order chi connectivity index (χ0) is 30.2. The molecule has 242 valence electrons. The quantitative estimate of drug-likeness (QED) is 0.261. The molecule has 2 saturated heterocycles. The van der Waals surface area contributed by atoms with Crippen LogP contribution in [0.25, 0.3) is 0 Å². The van der Waals surface area contributed by atoms with E-state index in [9.17, 15) is 30.6 Å². The van der Waals surface area contributed by atoms with Gasteiger partial charge in [-0.3, -0.25) is 0 Å².